The quantitative estimate of drug-likeness (QED) is 0.710. The second kappa shape index (κ2) is 3.14. The Hall–Kier alpha value is -1.42. The molecule has 0 bridgehead atoms. The number of aromatic amines is 1. The molecule has 2 aromatic rings. The number of nitrogens with one attached hydrogen (secondary N) is 1. The number of rotatable bonds is 2. The van der Waals surface area contributed by atoms with Crippen LogP contribution < -0.4 is 5.73 Å². The van der Waals surface area contributed by atoms with Crippen molar-refractivity contribution in [2.75, 3.05) is 6.54 Å². The minimum atomic E-state index is 0.622. The molecule has 0 saturated carbocycles. The van der Waals surface area contributed by atoms with Gasteiger partial charge in [-0.1, -0.05) is 0 Å². The second-order valence-corrected chi connectivity index (χ2v) is 3.04. The molecule has 0 aliphatic heterocycles. The highest BCUT2D eigenvalue weighted by atomic mass is 15.1. The van der Waals surface area contributed by atoms with Crippen LogP contribution in [0, 0.1) is 6.92 Å². The summed E-state index contributed by atoms with van der Waals surface area (Å²) in [6.07, 6.45) is 2.57. The summed E-state index contributed by atoms with van der Waals surface area (Å²) in [4.78, 5) is 4.29. The lowest BCUT2D eigenvalue weighted by atomic mass is 10.1. The smallest absolute Gasteiger partial charge is 0.0957 e. The molecule has 68 valence electrons. The fourth-order valence-electron chi connectivity index (χ4n) is 1.52. The van der Waals surface area contributed by atoms with E-state index in [-0.39, 0.29) is 0 Å². The van der Waals surface area contributed by atoms with E-state index in [1.807, 2.05) is 13.0 Å². The van der Waals surface area contributed by atoms with Gasteiger partial charge in [-0.05, 0) is 19.5 Å². The summed E-state index contributed by atoms with van der Waals surface area (Å²) < 4.78 is 0. The van der Waals surface area contributed by atoms with Gasteiger partial charge in [-0.25, -0.2) is 0 Å². The molecule has 0 amide bonds. The Balaban J connectivity index is 2.65. The molecule has 0 aromatic carbocycles. The Bertz CT molecular complexity index is 418. The van der Waals surface area contributed by atoms with E-state index in [9.17, 15) is 0 Å². The van der Waals surface area contributed by atoms with Gasteiger partial charge in [0.15, 0.2) is 0 Å². The van der Waals surface area contributed by atoms with Crippen molar-refractivity contribution < 1.29 is 0 Å². The van der Waals surface area contributed by atoms with Crippen molar-refractivity contribution in [1.29, 1.82) is 0 Å². The van der Waals surface area contributed by atoms with Crippen molar-refractivity contribution in [3.05, 3.63) is 23.7 Å². The Morgan fingerprint density at radius 2 is 2.38 bits per heavy atom. The number of H-pyrrole nitrogens is 1. The van der Waals surface area contributed by atoms with Gasteiger partial charge in [0.1, 0.15) is 0 Å². The maximum Gasteiger partial charge on any atom is 0.0957 e. The number of pyridine rings is 1. The molecule has 2 aromatic heterocycles. The summed E-state index contributed by atoms with van der Waals surface area (Å²) in [5.74, 6) is 0. The van der Waals surface area contributed by atoms with Crippen molar-refractivity contribution in [3.63, 3.8) is 0 Å². The van der Waals surface area contributed by atoms with Crippen LogP contribution in [0.4, 0.5) is 0 Å². The van der Waals surface area contributed by atoms with Crippen LogP contribution in [-0.2, 0) is 6.42 Å². The number of fused-ring (bicyclic) bond motifs is 1. The fraction of sp³-hybridized carbons (Fsp3) is 0.333. The molecule has 13 heavy (non-hydrogen) atoms. The molecule has 3 N–H and O–H groups in total. The molecule has 4 heteroatoms. The highest BCUT2D eigenvalue weighted by Crippen LogP contribution is 2.17. The summed E-state index contributed by atoms with van der Waals surface area (Å²) in [6.45, 7) is 2.62. The van der Waals surface area contributed by atoms with E-state index in [0.29, 0.717) is 6.54 Å². The SMILES string of the molecule is Cc1[nH]nc2ccnc(CCN)c12. The topological polar surface area (TPSA) is 67.6 Å². The van der Waals surface area contributed by atoms with Crippen molar-refractivity contribution in [2.24, 2.45) is 5.73 Å². The first kappa shape index (κ1) is 8.19. The molecule has 2 heterocycles. The standard InChI is InChI=1S/C9H12N4/c1-6-9-7(2-4-10)11-5-3-8(9)13-12-6/h3,5H,2,4,10H2,1H3,(H,12,13). The molecule has 0 spiro atoms. The Morgan fingerprint density at radius 1 is 1.54 bits per heavy atom. The maximum absolute atomic E-state index is 5.50. The summed E-state index contributed by atoms with van der Waals surface area (Å²) in [7, 11) is 0. The lowest BCUT2D eigenvalue weighted by Gasteiger charge is -1.99. The summed E-state index contributed by atoms with van der Waals surface area (Å²) >= 11 is 0. The van der Waals surface area contributed by atoms with Gasteiger partial charge in [-0.15, -0.1) is 0 Å². The van der Waals surface area contributed by atoms with E-state index in [1.165, 1.54) is 0 Å². The van der Waals surface area contributed by atoms with Crippen LogP contribution in [0.2, 0.25) is 0 Å². The second-order valence-electron chi connectivity index (χ2n) is 3.04. The lowest BCUT2D eigenvalue weighted by Crippen LogP contribution is -2.04. The van der Waals surface area contributed by atoms with Crippen LogP contribution >= 0.6 is 0 Å². The first-order valence-electron chi connectivity index (χ1n) is 4.31. The zero-order valence-electron chi connectivity index (χ0n) is 7.54. The van der Waals surface area contributed by atoms with E-state index in [1.54, 1.807) is 6.20 Å². The molecule has 0 radical (unpaired) electrons. The maximum atomic E-state index is 5.50. The van der Waals surface area contributed by atoms with Gasteiger partial charge in [0.25, 0.3) is 0 Å². The van der Waals surface area contributed by atoms with E-state index in [2.05, 4.69) is 15.2 Å². The van der Waals surface area contributed by atoms with Gasteiger partial charge in [0.2, 0.25) is 0 Å². The molecule has 0 unspecified atom stereocenters. The number of aryl methyl sites for hydroxylation is 1. The van der Waals surface area contributed by atoms with Crippen molar-refractivity contribution in [2.45, 2.75) is 13.3 Å². The average Bonchev–Trinajstić information content (AvgIpc) is 2.50. The predicted octanol–water partition coefficient (Wildman–Crippen LogP) is 0.768. The van der Waals surface area contributed by atoms with Gasteiger partial charge in [-0.2, -0.15) is 5.10 Å². The normalized spacial score (nSPS) is 10.9. The number of nitrogens with zero attached hydrogens (tertiary/aromatic N) is 2. The van der Waals surface area contributed by atoms with Crippen molar-refractivity contribution >= 4 is 10.9 Å². The van der Waals surface area contributed by atoms with Crippen LogP contribution in [0.15, 0.2) is 12.3 Å². The van der Waals surface area contributed by atoms with Crippen LogP contribution in [0.1, 0.15) is 11.4 Å². The van der Waals surface area contributed by atoms with Gasteiger partial charge < -0.3 is 5.73 Å². The van der Waals surface area contributed by atoms with E-state index < -0.39 is 0 Å². The van der Waals surface area contributed by atoms with E-state index in [0.717, 1.165) is 28.7 Å². The lowest BCUT2D eigenvalue weighted by molar-refractivity contribution is 0.934. The molecular formula is C9H12N4. The minimum Gasteiger partial charge on any atom is -0.330 e. The van der Waals surface area contributed by atoms with Gasteiger partial charge in [0.05, 0.1) is 11.2 Å². The summed E-state index contributed by atoms with van der Waals surface area (Å²) in [5, 5.41) is 8.22. The van der Waals surface area contributed by atoms with Gasteiger partial charge >= 0.3 is 0 Å². The average molecular weight is 176 g/mol. The highest BCUT2D eigenvalue weighted by molar-refractivity contribution is 5.83. The first-order valence-corrected chi connectivity index (χ1v) is 4.31. The first-order chi connectivity index (χ1) is 6.33. The van der Waals surface area contributed by atoms with Crippen LogP contribution in [0.5, 0.6) is 0 Å². The van der Waals surface area contributed by atoms with Crippen LogP contribution in [-0.4, -0.2) is 21.7 Å². The summed E-state index contributed by atoms with van der Waals surface area (Å²) in [5.41, 5.74) is 8.56. The third-order valence-electron chi connectivity index (χ3n) is 2.11. The molecule has 0 atom stereocenters. The molecule has 4 nitrogen and oxygen atoms in total. The molecule has 0 saturated heterocycles. The van der Waals surface area contributed by atoms with Crippen molar-refractivity contribution in [3.8, 4) is 0 Å². The molecule has 0 aliphatic rings. The highest BCUT2D eigenvalue weighted by Gasteiger charge is 2.06. The number of hydrogen-bond donors (Lipinski definition) is 2. The zero-order valence-corrected chi connectivity index (χ0v) is 7.54. The summed E-state index contributed by atoms with van der Waals surface area (Å²) in [6, 6.07) is 1.90. The van der Waals surface area contributed by atoms with Crippen LogP contribution in [0.3, 0.4) is 0 Å². The molecular weight excluding hydrogens is 164 g/mol. The Morgan fingerprint density at radius 3 is 3.15 bits per heavy atom. The fourth-order valence-corrected chi connectivity index (χ4v) is 1.52. The zero-order chi connectivity index (χ0) is 9.26. The van der Waals surface area contributed by atoms with Gasteiger partial charge in [-0.3, -0.25) is 10.1 Å². The number of aromatic nitrogens is 3. The molecule has 0 fully saturated rings. The number of hydrogen-bond acceptors (Lipinski definition) is 3. The predicted molar refractivity (Wildman–Crippen MR) is 51.4 cm³/mol. The third kappa shape index (κ3) is 1.29. The molecule has 0 aliphatic carbocycles. The van der Waals surface area contributed by atoms with E-state index >= 15 is 0 Å². The van der Waals surface area contributed by atoms with Crippen LogP contribution in [0.25, 0.3) is 10.9 Å². The van der Waals surface area contributed by atoms with Gasteiger partial charge in [0, 0.05) is 23.7 Å². The number of nitrogens with two attached hydrogens (primary N) is 1. The van der Waals surface area contributed by atoms with E-state index in [4.69, 9.17) is 5.73 Å². The largest absolute Gasteiger partial charge is 0.330 e. The Kier molecular flexibility index (Phi) is 1.98. The monoisotopic (exact) mass is 176 g/mol. The minimum absolute atomic E-state index is 0.622. The molecule has 2 rings (SSSR count). The van der Waals surface area contributed by atoms with Crippen molar-refractivity contribution in [1.82, 2.24) is 15.2 Å². The third-order valence-corrected chi connectivity index (χ3v) is 2.11. The Labute approximate surface area is 76.2 Å².